The molecule has 1 heterocycles. The van der Waals surface area contributed by atoms with Crippen LogP contribution in [0.2, 0.25) is 5.02 Å². The molecule has 1 aliphatic rings. The number of nitrogens with zero attached hydrogens (tertiary/aromatic N) is 1. The summed E-state index contributed by atoms with van der Waals surface area (Å²) < 4.78 is 17.8. The van der Waals surface area contributed by atoms with Gasteiger partial charge in [0, 0.05) is 18.1 Å². The third-order valence-electron chi connectivity index (χ3n) is 3.45. The Kier molecular flexibility index (Phi) is 4.77. The van der Waals surface area contributed by atoms with Crippen molar-refractivity contribution in [2.24, 2.45) is 5.92 Å². The number of benzene rings is 1. The molecule has 1 aliphatic heterocycles. The zero-order chi connectivity index (χ0) is 13.8. The van der Waals surface area contributed by atoms with Crippen molar-refractivity contribution < 1.29 is 13.9 Å². The van der Waals surface area contributed by atoms with Gasteiger partial charge in [-0.3, -0.25) is 9.69 Å². The van der Waals surface area contributed by atoms with E-state index in [0.717, 1.165) is 24.9 Å². The normalized spacial score (nSPS) is 20.3. The van der Waals surface area contributed by atoms with Crippen molar-refractivity contribution >= 4 is 17.6 Å². The lowest BCUT2D eigenvalue weighted by Crippen LogP contribution is -2.38. The molecule has 2 rings (SSSR count). The number of esters is 1. The first-order chi connectivity index (χ1) is 9.10. The zero-order valence-corrected chi connectivity index (χ0v) is 11.6. The molecule has 0 saturated carbocycles. The Morgan fingerprint density at radius 2 is 2.37 bits per heavy atom. The highest BCUT2D eigenvalue weighted by Crippen LogP contribution is 2.23. The van der Waals surface area contributed by atoms with Crippen molar-refractivity contribution in [1.29, 1.82) is 0 Å². The standard InChI is InChI=1S/C14H17ClFNO2/c1-19-14(18)11-3-2-6-17(9-11)8-10-4-5-12(16)7-13(10)15/h4-5,7,11H,2-3,6,8-9H2,1H3/t11-/m0/s1. The molecule has 0 radical (unpaired) electrons. The van der Waals surface area contributed by atoms with E-state index in [2.05, 4.69) is 4.90 Å². The number of hydrogen-bond donors (Lipinski definition) is 0. The number of halogens is 2. The van der Waals surface area contributed by atoms with Gasteiger partial charge in [0.2, 0.25) is 0 Å². The van der Waals surface area contributed by atoms with Crippen LogP contribution < -0.4 is 0 Å². The monoisotopic (exact) mass is 285 g/mol. The van der Waals surface area contributed by atoms with E-state index in [1.54, 1.807) is 6.07 Å². The van der Waals surface area contributed by atoms with E-state index in [1.165, 1.54) is 19.2 Å². The summed E-state index contributed by atoms with van der Waals surface area (Å²) in [6.07, 6.45) is 1.82. The quantitative estimate of drug-likeness (QED) is 0.800. The number of methoxy groups -OCH3 is 1. The largest absolute Gasteiger partial charge is 0.469 e. The van der Waals surface area contributed by atoms with Crippen LogP contribution in [-0.4, -0.2) is 31.1 Å². The fourth-order valence-electron chi connectivity index (χ4n) is 2.45. The predicted molar refractivity (Wildman–Crippen MR) is 71.4 cm³/mol. The molecule has 0 N–H and O–H groups in total. The van der Waals surface area contributed by atoms with Crippen molar-refractivity contribution in [3.63, 3.8) is 0 Å². The molecule has 1 aromatic rings. The Hall–Kier alpha value is -1.13. The fraction of sp³-hybridized carbons (Fsp3) is 0.500. The maximum atomic E-state index is 13.0. The highest BCUT2D eigenvalue weighted by atomic mass is 35.5. The summed E-state index contributed by atoms with van der Waals surface area (Å²) in [5, 5.41) is 0.431. The lowest BCUT2D eigenvalue weighted by molar-refractivity contribution is -0.147. The summed E-state index contributed by atoms with van der Waals surface area (Å²) in [6.45, 7) is 2.22. The van der Waals surface area contributed by atoms with Crippen LogP contribution in [0.4, 0.5) is 4.39 Å². The molecule has 0 amide bonds. The molecule has 1 fully saturated rings. The van der Waals surface area contributed by atoms with E-state index in [0.29, 0.717) is 18.1 Å². The molecule has 1 aromatic carbocycles. The summed E-state index contributed by atoms with van der Waals surface area (Å²) in [7, 11) is 1.41. The number of ether oxygens (including phenoxy) is 1. The number of carbonyl (C=O) groups is 1. The Balaban J connectivity index is 2.00. The van der Waals surface area contributed by atoms with Gasteiger partial charge in [0.05, 0.1) is 13.0 Å². The molecule has 0 unspecified atom stereocenters. The topological polar surface area (TPSA) is 29.5 Å². The molecule has 1 saturated heterocycles. The van der Waals surface area contributed by atoms with Crippen LogP contribution in [0.15, 0.2) is 18.2 Å². The maximum absolute atomic E-state index is 13.0. The number of likely N-dealkylation sites (tertiary alicyclic amines) is 1. The molecule has 3 nitrogen and oxygen atoms in total. The average Bonchev–Trinajstić information content (AvgIpc) is 2.41. The highest BCUT2D eigenvalue weighted by Gasteiger charge is 2.26. The lowest BCUT2D eigenvalue weighted by atomic mass is 9.98. The number of carbonyl (C=O) groups excluding carboxylic acids is 1. The van der Waals surface area contributed by atoms with Gasteiger partial charge in [0.25, 0.3) is 0 Å². The Labute approximate surface area is 117 Å². The van der Waals surface area contributed by atoms with Crippen LogP contribution in [0, 0.1) is 11.7 Å². The third kappa shape index (κ3) is 3.67. The number of piperidine rings is 1. The second-order valence-electron chi connectivity index (χ2n) is 4.83. The minimum absolute atomic E-state index is 0.0713. The van der Waals surface area contributed by atoms with Crippen molar-refractivity contribution in [1.82, 2.24) is 4.90 Å². The molecule has 1 atom stereocenters. The highest BCUT2D eigenvalue weighted by molar-refractivity contribution is 6.31. The van der Waals surface area contributed by atoms with Gasteiger partial charge in [-0.1, -0.05) is 17.7 Å². The molecule has 0 aliphatic carbocycles. The van der Waals surface area contributed by atoms with E-state index in [9.17, 15) is 9.18 Å². The van der Waals surface area contributed by atoms with Gasteiger partial charge in [0.1, 0.15) is 5.82 Å². The van der Waals surface area contributed by atoms with Gasteiger partial charge in [-0.05, 0) is 37.1 Å². The molecule has 0 bridgehead atoms. The first-order valence-electron chi connectivity index (χ1n) is 6.34. The lowest BCUT2D eigenvalue weighted by Gasteiger charge is -2.31. The van der Waals surface area contributed by atoms with Crippen LogP contribution in [0.1, 0.15) is 18.4 Å². The Bertz CT molecular complexity index is 467. The zero-order valence-electron chi connectivity index (χ0n) is 10.9. The van der Waals surface area contributed by atoms with E-state index in [-0.39, 0.29) is 17.7 Å². The summed E-state index contributed by atoms with van der Waals surface area (Å²) in [4.78, 5) is 13.7. The van der Waals surface area contributed by atoms with Crippen LogP contribution >= 0.6 is 11.6 Å². The van der Waals surface area contributed by atoms with E-state index in [4.69, 9.17) is 16.3 Å². The molecular weight excluding hydrogens is 269 g/mol. The van der Waals surface area contributed by atoms with Crippen molar-refractivity contribution in [3.8, 4) is 0 Å². The third-order valence-corrected chi connectivity index (χ3v) is 3.80. The molecule has 104 valence electrons. The van der Waals surface area contributed by atoms with Crippen LogP contribution in [0.3, 0.4) is 0 Å². The molecule has 19 heavy (non-hydrogen) atoms. The Morgan fingerprint density at radius 1 is 1.58 bits per heavy atom. The average molecular weight is 286 g/mol. The fourth-order valence-corrected chi connectivity index (χ4v) is 2.68. The molecular formula is C14H17ClFNO2. The van der Waals surface area contributed by atoms with Crippen molar-refractivity contribution in [2.75, 3.05) is 20.2 Å². The minimum atomic E-state index is -0.333. The van der Waals surface area contributed by atoms with Gasteiger partial charge in [-0.2, -0.15) is 0 Å². The molecule has 5 heteroatoms. The minimum Gasteiger partial charge on any atom is -0.469 e. The van der Waals surface area contributed by atoms with Gasteiger partial charge in [-0.15, -0.1) is 0 Å². The summed E-state index contributed by atoms with van der Waals surface area (Å²) >= 11 is 6.02. The first kappa shape index (κ1) is 14.3. The number of hydrogen-bond acceptors (Lipinski definition) is 3. The maximum Gasteiger partial charge on any atom is 0.309 e. The van der Waals surface area contributed by atoms with Gasteiger partial charge < -0.3 is 4.74 Å². The molecule has 0 spiro atoms. The van der Waals surface area contributed by atoms with Crippen molar-refractivity contribution in [2.45, 2.75) is 19.4 Å². The Morgan fingerprint density at radius 3 is 3.05 bits per heavy atom. The van der Waals surface area contributed by atoms with Gasteiger partial charge in [0.15, 0.2) is 0 Å². The van der Waals surface area contributed by atoms with E-state index < -0.39 is 0 Å². The smallest absolute Gasteiger partial charge is 0.309 e. The summed E-state index contributed by atoms with van der Waals surface area (Å²) in [5.74, 6) is -0.562. The van der Waals surface area contributed by atoms with E-state index >= 15 is 0 Å². The van der Waals surface area contributed by atoms with Crippen LogP contribution in [0.25, 0.3) is 0 Å². The second kappa shape index (κ2) is 6.35. The van der Waals surface area contributed by atoms with Crippen LogP contribution in [0.5, 0.6) is 0 Å². The van der Waals surface area contributed by atoms with E-state index in [1.807, 2.05) is 0 Å². The van der Waals surface area contributed by atoms with Crippen molar-refractivity contribution in [3.05, 3.63) is 34.6 Å². The number of rotatable bonds is 3. The summed E-state index contributed by atoms with van der Waals surface area (Å²) in [6, 6.07) is 4.42. The predicted octanol–water partition coefficient (Wildman–Crippen LogP) is 2.86. The molecule has 0 aromatic heterocycles. The van der Waals surface area contributed by atoms with Gasteiger partial charge >= 0.3 is 5.97 Å². The second-order valence-corrected chi connectivity index (χ2v) is 5.24. The van der Waals surface area contributed by atoms with Gasteiger partial charge in [-0.25, -0.2) is 4.39 Å². The first-order valence-corrected chi connectivity index (χ1v) is 6.72. The SMILES string of the molecule is COC(=O)[C@H]1CCCN(Cc2ccc(F)cc2Cl)C1. The summed E-state index contributed by atoms with van der Waals surface area (Å²) in [5.41, 5.74) is 0.883. The van der Waals surface area contributed by atoms with Crippen LogP contribution in [-0.2, 0) is 16.1 Å².